The first kappa shape index (κ1) is 14.3. The lowest BCUT2D eigenvalue weighted by atomic mass is 9.86. The molecule has 0 amide bonds. The van der Waals surface area contributed by atoms with Crippen LogP contribution in [0.5, 0.6) is 0 Å². The molecule has 0 saturated heterocycles. The molecule has 1 N–H and O–H groups in total. The van der Waals surface area contributed by atoms with Crippen molar-refractivity contribution < 1.29 is 0 Å². The summed E-state index contributed by atoms with van der Waals surface area (Å²) in [5.74, 6) is 0. The molecule has 1 heterocycles. The van der Waals surface area contributed by atoms with Gasteiger partial charge in [-0.05, 0) is 49.1 Å². The number of nitrogens with one attached hydrogen (secondary N) is 1. The van der Waals surface area contributed by atoms with Crippen molar-refractivity contribution in [3.8, 4) is 0 Å². The van der Waals surface area contributed by atoms with Crippen molar-refractivity contribution in [1.29, 1.82) is 0 Å². The molecule has 1 aliphatic heterocycles. The highest BCUT2D eigenvalue weighted by Crippen LogP contribution is 2.36. The van der Waals surface area contributed by atoms with Crippen molar-refractivity contribution >= 4 is 29.6 Å². The van der Waals surface area contributed by atoms with E-state index in [0.717, 1.165) is 5.17 Å². The van der Waals surface area contributed by atoms with E-state index in [1.807, 2.05) is 0 Å². The Labute approximate surface area is 131 Å². The normalized spacial score (nSPS) is 26.6. The molecular formula is C16H22N2S2. The lowest BCUT2D eigenvalue weighted by Gasteiger charge is -2.25. The number of thioether (sulfide) groups is 1. The van der Waals surface area contributed by atoms with E-state index in [2.05, 4.69) is 49.3 Å². The zero-order valence-electron chi connectivity index (χ0n) is 12.1. The molecule has 3 unspecified atom stereocenters. The van der Waals surface area contributed by atoms with Crippen LogP contribution in [0.15, 0.2) is 23.2 Å². The predicted octanol–water partition coefficient (Wildman–Crippen LogP) is 4.14. The first-order valence-electron chi connectivity index (χ1n) is 7.38. The van der Waals surface area contributed by atoms with Crippen LogP contribution >= 0.6 is 24.4 Å². The fourth-order valence-corrected chi connectivity index (χ4v) is 3.84. The average Bonchev–Trinajstić information content (AvgIpc) is 2.83. The van der Waals surface area contributed by atoms with Crippen LogP contribution in [-0.2, 0) is 6.42 Å². The maximum absolute atomic E-state index is 4.90. The van der Waals surface area contributed by atoms with Crippen LogP contribution < -0.4 is 5.32 Å². The zero-order chi connectivity index (χ0) is 14.1. The summed E-state index contributed by atoms with van der Waals surface area (Å²) in [6.45, 7) is 2.14. The van der Waals surface area contributed by atoms with Gasteiger partial charge in [-0.2, -0.15) is 12.6 Å². The fraction of sp³-hybridized carbons (Fsp3) is 0.562. The minimum absolute atomic E-state index is 0.300. The van der Waals surface area contributed by atoms with Crippen LogP contribution in [0.3, 0.4) is 0 Å². The summed E-state index contributed by atoms with van der Waals surface area (Å²) >= 11 is 6.29. The Bertz CT molecular complexity index is 525. The standard InChI is InChI=1S/C16H22N2S2/c1-10(19)11-7-8-13-12(9-11)5-3-4-6-14-15(13)18-16(17-14)20-2/h7-10,14-15,19H,3-6H2,1-2H3,(H,17,18). The molecule has 0 radical (unpaired) electrons. The summed E-state index contributed by atoms with van der Waals surface area (Å²) in [7, 11) is 0. The van der Waals surface area contributed by atoms with Crippen LogP contribution in [0.4, 0.5) is 0 Å². The molecule has 4 heteroatoms. The van der Waals surface area contributed by atoms with Crippen molar-refractivity contribution in [2.45, 2.75) is 49.9 Å². The van der Waals surface area contributed by atoms with Crippen molar-refractivity contribution in [1.82, 2.24) is 5.32 Å². The van der Waals surface area contributed by atoms with E-state index in [-0.39, 0.29) is 0 Å². The third kappa shape index (κ3) is 2.73. The Hall–Kier alpha value is -0.610. The monoisotopic (exact) mass is 306 g/mol. The van der Waals surface area contributed by atoms with E-state index in [0.29, 0.717) is 17.3 Å². The maximum atomic E-state index is 4.90. The molecule has 0 spiro atoms. The van der Waals surface area contributed by atoms with Crippen LogP contribution in [0.2, 0.25) is 0 Å². The van der Waals surface area contributed by atoms with E-state index in [9.17, 15) is 0 Å². The second-order valence-corrected chi connectivity index (χ2v) is 7.28. The summed E-state index contributed by atoms with van der Waals surface area (Å²) in [6.07, 6.45) is 7.05. The molecule has 0 bridgehead atoms. The summed E-state index contributed by atoms with van der Waals surface area (Å²) < 4.78 is 0. The van der Waals surface area contributed by atoms with Gasteiger partial charge in [0, 0.05) is 5.25 Å². The van der Waals surface area contributed by atoms with Gasteiger partial charge in [0.25, 0.3) is 0 Å². The van der Waals surface area contributed by atoms with E-state index < -0.39 is 0 Å². The second kappa shape index (κ2) is 6.02. The summed E-state index contributed by atoms with van der Waals surface area (Å²) in [5, 5.41) is 4.98. The van der Waals surface area contributed by atoms with Gasteiger partial charge >= 0.3 is 0 Å². The van der Waals surface area contributed by atoms with E-state index in [1.54, 1.807) is 11.8 Å². The number of fused-ring (bicyclic) bond motifs is 3. The number of aryl methyl sites for hydroxylation is 1. The summed E-state index contributed by atoms with van der Waals surface area (Å²) in [5.41, 5.74) is 4.22. The molecule has 3 rings (SSSR count). The zero-order valence-corrected chi connectivity index (χ0v) is 13.8. The summed E-state index contributed by atoms with van der Waals surface area (Å²) in [4.78, 5) is 4.90. The van der Waals surface area contributed by atoms with Crippen LogP contribution in [-0.4, -0.2) is 17.5 Å². The van der Waals surface area contributed by atoms with Crippen LogP contribution in [0.25, 0.3) is 0 Å². The molecule has 0 saturated carbocycles. The minimum Gasteiger partial charge on any atom is -0.360 e. The molecular weight excluding hydrogens is 284 g/mol. The van der Waals surface area contributed by atoms with Crippen molar-refractivity contribution in [2.24, 2.45) is 4.99 Å². The number of hydrogen-bond acceptors (Lipinski definition) is 4. The minimum atomic E-state index is 0.300. The molecule has 0 aromatic heterocycles. The second-order valence-electron chi connectivity index (χ2n) is 5.71. The lowest BCUT2D eigenvalue weighted by Crippen LogP contribution is -2.31. The van der Waals surface area contributed by atoms with Gasteiger partial charge in [-0.1, -0.05) is 36.4 Å². The van der Waals surface area contributed by atoms with Gasteiger partial charge < -0.3 is 5.32 Å². The number of rotatable bonds is 1. The number of hydrogen-bond donors (Lipinski definition) is 2. The Morgan fingerprint density at radius 2 is 2.25 bits per heavy atom. The number of nitrogens with zero attached hydrogens (tertiary/aromatic N) is 1. The van der Waals surface area contributed by atoms with Crippen LogP contribution in [0, 0.1) is 0 Å². The molecule has 20 heavy (non-hydrogen) atoms. The maximum Gasteiger partial charge on any atom is 0.157 e. The van der Waals surface area contributed by atoms with Gasteiger partial charge in [-0.25, -0.2) is 0 Å². The molecule has 1 aromatic carbocycles. The quantitative estimate of drug-likeness (QED) is 0.762. The largest absolute Gasteiger partial charge is 0.360 e. The third-order valence-electron chi connectivity index (χ3n) is 4.32. The third-order valence-corrected chi connectivity index (χ3v) is 5.23. The first-order valence-corrected chi connectivity index (χ1v) is 9.12. The summed E-state index contributed by atoms with van der Waals surface area (Å²) in [6, 6.07) is 7.64. The molecule has 1 aromatic rings. The van der Waals surface area contributed by atoms with Crippen LogP contribution in [0.1, 0.15) is 54.2 Å². The molecule has 1 aliphatic carbocycles. The highest BCUT2D eigenvalue weighted by molar-refractivity contribution is 8.13. The van der Waals surface area contributed by atoms with Gasteiger partial charge in [0.05, 0.1) is 12.1 Å². The smallest absolute Gasteiger partial charge is 0.157 e. The Morgan fingerprint density at radius 3 is 3.00 bits per heavy atom. The van der Waals surface area contributed by atoms with E-state index in [1.165, 1.54) is 42.4 Å². The predicted molar refractivity (Wildman–Crippen MR) is 92.0 cm³/mol. The van der Waals surface area contributed by atoms with E-state index >= 15 is 0 Å². The number of thiol groups is 1. The highest BCUT2D eigenvalue weighted by atomic mass is 32.2. The number of aliphatic imine (C=N–C) groups is 1. The van der Waals surface area contributed by atoms with Crippen molar-refractivity contribution in [2.75, 3.05) is 6.26 Å². The SMILES string of the molecule is CSC1=NC2c3ccc(C(C)S)cc3CCCCC2N1. The number of amidine groups is 1. The van der Waals surface area contributed by atoms with Crippen molar-refractivity contribution in [3.05, 3.63) is 34.9 Å². The van der Waals surface area contributed by atoms with Gasteiger partial charge in [0.1, 0.15) is 0 Å². The van der Waals surface area contributed by atoms with Gasteiger partial charge in [-0.3, -0.25) is 4.99 Å². The molecule has 2 aliphatic rings. The van der Waals surface area contributed by atoms with Gasteiger partial charge in [-0.15, -0.1) is 0 Å². The molecule has 2 nitrogen and oxygen atoms in total. The van der Waals surface area contributed by atoms with Crippen molar-refractivity contribution in [3.63, 3.8) is 0 Å². The lowest BCUT2D eigenvalue weighted by molar-refractivity contribution is 0.466. The topological polar surface area (TPSA) is 24.4 Å². The Kier molecular flexibility index (Phi) is 4.32. The van der Waals surface area contributed by atoms with E-state index in [4.69, 9.17) is 4.99 Å². The van der Waals surface area contributed by atoms with Gasteiger partial charge in [0.2, 0.25) is 0 Å². The highest BCUT2D eigenvalue weighted by Gasteiger charge is 2.31. The fourth-order valence-electron chi connectivity index (χ4n) is 3.19. The number of benzene rings is 1. The Balaban J connectivity index is 2.00. The van der Waals surface area contributed by atoms with Gasteiger partial charge in [0.15, 0.2) is 5.17 Å². The molecule has 3 atom stereocenters. The molecule has 108 valence electrons. The first-order chi connectivity index (χ1) is 9.69. The average molecular weight is 307 g/mol. The molecule has 0 fully saturated rings. The Morgan fingerprint density at radius 1 is 1.40 bits per heavy atom.